The number of fused-ring (bicyclic) bond motifs is 1. The molecule has 0 amide bonds. The van der Waals surface area contributed by atoms with Crippen molar-refractivity contribution >= 4 is 17.4 Å². The Morgan fingerprint density at radius 3 is 2.70 bits per heavy atom. The van der Waals surface area contributed by atoms with E-state index in [9.17, 15) is 5.11 Å². The molecule has 1 aliphatic heterocycles. The quantitative estimate of drug-likeness (QED) is 0.352. The van der Waals surface area contributed by atoms with Crippen LogP contribution >= 0.6 is 11.6 Å². The SMILES string of the molecule is CNC[C@@H](O)COc1ccc(Cl)c(-c2nc(-c3c(C)noc3C)c(C)c(N3Cc4ccncc4C3)n2)c1. The molecule has 0 aliphatic carbocycles. The zero-order valence-corrected chi connectivity index (χ0v) is 22.0. The van der Waals surface area contributed by atoms with Crippen molar-refractivity contribution in [3.05, 3.63) is 69.8 Å². The van der Waals surface area contributed by atoms with E-state index < -0.39 is 6.10 Å². The van der Waals surface area contributed by atoms with Crippen LogP contribution in [0.1, 0.15) is 28.1 Å². The second kappa shape index (κ2) is 10.5. The summed E-state index contributed by atoms with van der Waals surface area (Å²) in [5, 5.41) is 17.6. The van der Waals surface area contributed by atoms with Crippen molar-refractivity contribution in [1.29, 1.82) is 0 Å². The Morgan fingerprint density at radius 2 is 1.97 bits per heavy atom. The van der Waals surface area contributed by atoms with Crippen molar-refractivity contribution in [3.63, 3.8) is 0 Å². The first-order valence-electron chi connectivity index (χ1n) is 12.1. The zero-order chi connectivity index (χ0) is 26.1. The van der Waals surface area contributed by atoms with Crippen molar-refractivity contribution < 1.29 is 14.4 Å². The fourth-order valence-electron chi connectivity index (χ4n) is 4.62. The molecular weight excluding hydrogens is 492 g/mol. The molecule has 0 saturated carbocycles. The molecule has 4 aromatic rings. The third kappa shape index (κ3) is 5.02. The first-order valence-corrected chi connectivity index (χ1v) is 12.5. The van der Waals surface area contributed by atoms with E-state index in [1.165, 1.54) is 11.1 Å². The number of aliphatic hydroxyl groups is 1. The summed E-state index contributed by atoms with van der Waals surface area (Å²) in [6.45, 7) is 7.79. The second-order valence-corrected chi connectivity index (χ2v) is 9.62. The Balaban J connectivity index is 1.60. The van der Waals surface area contributed by atoms with Crippen LogP contribution in [0.15, 0.2) is 41.2 Å². The topological polar surface area (TPSA) is 109 Å². The summed E-state index contributed by atoms with van der Waals surface area (Å²) in [5.74, 6) is 2.53. The number of hydrogen-bond acceptors (Lipinski definition) is 9. The summed E-state index contributed by atoms with van der Waals surface area (Å²) in [7, 11) is 1.78. The van der Waals surface area contributed by atoms with Crippen molar-refractivity contribution in [3.8, 4) is 28.4 Å². The molecule has 4 heterocycles. The first-order chi connectivity index (χ1) is 17.9. The average Bonchev–Trinajstić information content (AvgIpc) is 3.46. The number of aromatic nitrogens is 4. The number of likely N-dealkylation sites (N-methyl/N-ethyl adjacent to an activating group) is 1. The predicted octanol–water partition coefficient (Wildman–Crippen LogP) is 4.25. The Bertz CT molecular complexity index is 1400. The molecule has 37 heavy (non-hydrogen) atoms. The van der Waals surface area contributed by atoms with Crippen molar-refractivity contribution in [2.24, 2.45) is 0 Å². The van der Waals surface area contributed by atoms with Gasteiger partial charge in [-0.15, -0.1) is 0 Å². The number of pyridine rings is 1. The number of aryl methyl sites for hydroxylation is 2. The van der Waals surface area contributed by atoms with E-state index in [2.05, 4.69) is 20.4 Å². The lowest BCUT2D eigenvalue weighted by Crippen LogP contribution is -2.29. The van der Waals surface area contributed by atoms with E-state index in [0.29, 0.717) is 41.0 Å². The molecular formula is C27H29ClN6O3. The molecule has 3 aromatic heterocycles. The van der Waals surface area contributed by atoms with Gasteiger partial charge in [-0.25, -0.2) is 9.97 Å². The van der Waals surface area contributed by atoms with Crippen molar-refractivity contribution in [2.75, 3.05) is 25.1 Å². The Kier molecular flexibility index (Phi) is 7.10. The molecule has 192 valence electrons. The molecule has 1 aromatic carbocycles. The van der Waals surface area contributed by atoms with E-state index in [0.717, 1.165) is 34.9 Å². The van der Waals surface area contributed by atoms with E-state index in [-0.39, 0.29) is 6.61 Å². The highest BCUT2D eigenvalue weighted by molar-refractivity contribution is 6.33. The molecule has 2 N–H and O–H groups in total. The van der Waals surface area contributed by atoms with Crippen molar-refractivity contribution in [2.45, 2.75) is 40.0 Å². The van der Waals surface area contributed by atoms with Crippen LogP contribution in [0.4, 0.5) is 5.82 Å². The summed E-state index contributed by atoms with van der Waals surface area (Å²) in [5.41, 5.74) is 6.31. The number of rotatable bonds is 8. The van der Waals surface area contributed by atoms with Crippen LogP contribution in [0.5, 0.6) is 5.75 Å². The minimum absolute atomic E-state index is 0.145. The van der Waals surface area contributed by atoms with Gasteiger partial charge < -0.3 is 24.6 Å². The molecule has 0 unspecified atom stereocenters. The van der Waals surface area contributed by atoms with Gasteiger partial charge in [0.2, 0.25) is 0 Å². The van der Waals surface area contributed by atoms with Crippen LogP contribution in [-0.4, -0.2) is 51.5 Å². The van der Waals surface area contributed by atoms with Gasteiger partial charge in [-0.3, -0.25) is 4.98 Å². The van der Waals surface area contributed by atoms with Gasteiger partial charge in [0.15, 0.2) is 5.82 Å². The number of nitrogens with zero attached hydrogens (tertiary/aromatic N) is 5. The molecule has 1 aliphatic rings. The van der Waals surface area contributed by atoms with E-state index in [1.807, 2.05) is 45.3 Å². The highest BCUT2D eigenvalue weighted by Gasteiger charge is 2.27. The van der Waals surface area contributed by atoms with Gasteiger partial charge in [-0.05, 0) is 63.2 Å². The molecule has 0 saturated heterocycles. The number of hydrogen-bond donors (Lipinski definition) is 2. The first kappa shape index (κ1) is 25.1. The number of halogens is 1. The largest absolute Gasteiger partial charge is 0.491 e. The summed E-state index contributed by atoms with van der Waals surface area (Å²) < 4.78 is 11.3. The van der Waals surface area contributed by atoms with Gasteiger partial charge in [0.1, 0.15) is 30.0 Å². The van der Waals surface area contributed by atoms with Gasteiger partial charge >= 0.3 is 0 Å². The van der Waals surface area contributed by atoms with Gasteiger partial charge in [0.05, 0.1) is 22.0 Å². The van der Waals surface area contributed by atoms with Crippen LogP contribution < -0.4 is 15.0 Å². The van der Waals surface area contributed by atoms with Crippen LogP contribution in [0, 0.1) is 20.8 Å². The van der Waals surface area contributed by atoms with Gasteiger partial charge in [0, 0.05) is 43.2 Å². The lowest BCUT2D eigenvalue weighted by Gasteiger charge is -2.22. The predicted molar refractivity (Wildman–Crippen MR) is 142 cm³/mol. The van der Waals surface area contributed by atoms with Gasteiger partial charge in [0.25, 0.3) is 0 Å². The number of ether oxygens (including phenoxy) is 1. The van der Waals surface area contributed by atoms with Gasteiger partial charge in [-0.2, -0.15) is 0 Å². The highest BCUT2D eigenvalue weighted by Crippen LogP contribution is 2.38. The monoisotopic (exact) mass is 520 g/mol. The smallest absolute Gasteiger partial charge is 0.163 e. The maximum absolute atomic E-state index is 10.0. The maximum atomic E-state index is 10.0. The maximum Gasteiger partial charge on any atom is 0.163 e. The van der Waals surface area contributed by atoms with E-state index in [4.69, 9.17) is 30.8 Å². The third-order valence-electron chi connectivity index (χ3n) is 6.48. The molecule has 9 nitrogen and oxygen atoms in total. The summed E-state index contributed by atoms with van der Waals surface area (Å²) >= 11 is 6.66. The molecule has 5 rings (SSSR count). The number of anilines is 1. The second-order valence-electron chi connectivity index (χ2n) is 9.21. The number of aliphatic hydroxyl groups excluding tert-OH is 1. The van der Waals surface area contributed by atoms with Crippen LogP contribution in [0.3, 0.4) is 0 Å². The van der Waals surface area contributed by atoms with Gasteiger partial charge in [-0.1, -0.05) is 16.8 Å². The standard InChI is InChI=1S/C27H29ClN6O3/c1-15-25(24-16(2)33-37-17(24)3)31-26(32-27(15)34-12-18-7-8-30-10-19(18)13-34)22-9-21(5-6-23(22)28)36-14-20(35)11-29-4/h5-10,20,29,35H,11-14H2,1-4H3/t20-/m1/s1. The van der Waals surface area contributed by atoms with Crippen molar-refractivity contribution in [1.82, 2.24) is 25.4 Å². The fourth-order valence-corrected chi connectivity index (χ4v) is 4.82. The third-order valence-corrected chi connectivity index (χ3v) is 6.81. The zero-order valence-electron chi connectivity index (χ0n) is 21.2. The van der Waals surface area contributed by atoms with E-state index in [1.54, 1.807) is 19.2 Å². The summed E-state index contributed by atoms with van der Waals surface area (Å²) in [4.78, 5) is 16.5. The number of benzene rings is 1. The molecule has 0 spiro atoms. The lowest BCUT2D eigenvalue weighted by molar-refractivity contribution is 0.108. The van der Waals surface area contributed by atoms with Crippen LogP contribution in [0.25, 0.3) is 22.6 Å². The molecule has 0 fully saturated rings. The Morgan fingerprint density at radius 1 is 1.16 bits per heavy atom. The Labute approximate surface area is 220 Å². The molecule has 10 heteroatoms. The minimum Gasteiger partial charge on any atom is -0.491 e. The molecule has 1 atom stereocenters. The summed E-state index contributed by atoms with van der Waals surface area (Å²) in [6.07, 6.45) is 3.08. The average molecular weight is 521 g/mol. The molecule has 0 radical (unpaired) electrons. The summed E-state index contributed by atoms with van der Waals surface area (Å²) in [6, 6.07) is 7.38. The molecule has 0 bridgehead atoms. The van der Waals surface area contributed by atoms with E-state index >= 15 is 0 Å². The Hall–Kier alpha value is -3.53. The van der Waals surface area contributed by atoms with Crippen LogP contribution in [-0.2, 0) is 13.1 Å². The number of nitrogens with one attached hydrogen (secondary N) is 1. The lowest BCUT2D eigenvalue weighted by atomic mass is 10.0. The van der Waals surface area contributed by atoms with Crippen LogP contribution in [0.2, 0.25) is 5.02 Å². The highest BCUT2D eigenvalue weighted by atomic mass is 35.5. The minimum atomic E-state index is -0.635. The normalized spacial score (nSPS) is 13.6. The fraction of sp³-hybridized carbons (Fsp3) is 0.333.